The summed E-state index contributed by atoms with van der Waals surface area (Å²) in [7, 11) is 1.67. The van der Waals surface area contributed by atoms with E-state index in [1.165, 1.54) is 23.3 Å². The maximum absolute atomic E-state index is 13.4. The van der Waals surface area contributed by atoms with Crippen LogP contribution in [0.15, 0.2) is 59.2 Å². The third-order valence-electron chi connectivity index (χ3n) is 6.45. The second-order valence-electron chi connectivity index (χ2n) is 8.66. The number of nitrogens with two attached hydrogens (primary N) is 1. The van der Waals surface area contributed by atoms with Crippen molar-refractivity contribution < 1.29 is 4.79 Å². The number of carbonyl (C=O) groups excluding carboxylic acids is 1. The summed E-state index contributed by atoms with van der Waals surface area (Å²) in [6, 6.07) is 14.4. The van der Waals surface area contributed by atoms with Gasteiger partial charge in [0, 0.05) is 29.9 Å². The Morgan fingerprint density at radius 3 is 2.56 bits per heavy atom. The summed E-state index contributed by atoms with van der Waals surface area (Å²) in [4.78, 5) is 24.8. The Labute approximate surface area is 191 Å². The zero-order valence-electron chi connectivity index (χ0n) is 17.9. The monoisotopic (exact) mass is 441 g/mol. The molecule has 160 valence electrons. The van der Waals surface area contributed by atoms with Crippen LogP contribution in [0.25, 0.3) is 11.1 Å². The van der Waals surface area contributed by atoms with Gasteiger partial charge >= 0.3 is 0 Å². The molecular weight excluding hydrogens is 418 g/mol. The summed E-state index contributed by atoms with van der Waals surface area (Å²) in [6.07, 6.45) is 5.76. The molecule has 32 heavy (non-hydrogen) atoms. The van der Waals surface area contributed by atoms with Crippen molar-refractivity contribution in [2.45, 2.75) is 37.1 Å². The van der Waals surface area contributed by atoms with Crippen LogP contribution in [-0.2, 0) is 10.3 Å². The van der Waals surface area contributed by atoms with Gasteiger partial charge in [0.2, 0.25) is 5.91 Å². The minimum atomic E-state index is -0.835. The average Bonchev–Trinajstić information content (AvgIpc) is 3.53. The Bertz CT molecular complexity index is 1270. The van der Waals surface area contributed by atoms with Gasteiger partial charge in [0.05, 0.1) is 11.5 Å². The highest BCUT2D eigenvalue weighted by atomic mass is 32.1. The van der Waals surface area contributed by atoms with Crippen molar-refractivity contribution in [1.82, 2.24) is 9.88 Å². The third-order valence-corrected chi connectivity index (χ3v) is 7.60. The molecule has 1 aromatic carbocycles. The van der Waals surface area contributed by atoms with E-state index in [2.05, 4.69) is 35.3 Å². The normalized spacial score (nSPS) is 23.0. The lowest BCUT2D eigenvalue weighted by Crippen LogP contribution is -2.52. The average molecular weight is 442 g/mol. The molecule has 0 saturated heterocycles. The van der Waals surface area contributed by atoms with Crippen LogP contribution < -0.4 is 5.73 Å². The van der Waals surface area contributed by atoms with Crippen molar-refractivity contribution in [2.24, 2.45) is 10.7 Å². The molecule has 1 aliphatic carbocycles. The number of aromatic nitrogens is 1. The smallest absolute Gasteiger partial charge is 0.239 e. The van der Waals surface area contributed by atoms with E-state index in [4.69, 9.17) is 10.7 Å². The number of rotatable bonds is 4. The zero-order valence-corrected chi connectivity index (χ0v) is 18.8. The Hall–Kier alpha value is -3.50. The Morgan fingerprint density at radius 1 is 1.16 bits per heavy atom. The molecular formula is C25H23N5OS. The van der Waals surface area contributed by atoms with Gasteiger partial charge in [-0.1, -0.05) is 24.3 Å². The number of likely N-dealkylation sites (N-methyl/N-ethyl adjacent to an activating group) is 1. The quantitative estimate of drug-likeness (QED) is 0.651. The maximum atomic E-state index is 13.4. The van der Waals surface area contributed by atoms with Gasteiger partial charge in [0.1, 0.15) is 11.6 Å². The molecule has 5 rings (SSSR count). The van der Waals surface area contributed by atoms with Gasteiger partial charge < -0.3 is 5.73 Å². The van der Waals surface area contributed by atoms with Gasteiger partial charge in [0.25, 0.3) is 0 Å². The number of pyridine rings is 1. The molecule has 1 amide bonds. The Morgan fingerprint density at radius 2 is 1.88 bits per heavy atom. The second kappa shape index (κ2) is 7.57. The molecule has 0 spiro atoms. The van der Waals surface area contributed by atoms with Gasteiger partial charge in [-0.15, -0.1) is 11.3 Å². The summed E-state index contributed by atoms with van der Waals surface area (Å²) >= 11 is 1.54. The summed E-state index contributed by atoms with van der Waals surface area (Å²) in [5.41, 5.74) is 9.91. The number of guanidine groups is 1. The first kappa shape index (κ1) is 20.4. The molecule has 3 aromatic rings. The van der Waals surface area contributed by atoms with E-state index in [0.29, 0.717) is 11.5 Å². The van der Waals surface area contributed by atoms with E-state index in [1.54, 1.807) is 30.8 Å². The number of aliphatic imine (C=N–C) groups is 1. The lowest BCUT2D eigenvalue weighted by molar-refractivity contribution is -0.130. The number of hydrogen-bond donors (Lipinski definition) is 1. The Balaban J connectivity index is 1.58. The van der Waals surface area contributed by atoms with Crippen molar-refractivity contribution in [3.05, 3.63) is 75.7 Å². The molecule has 2 atom stereocenters. The lowest BCUT2D eigenvalue weighted by Gasteiger charge is -2.40. The lowest BCUT2D eigenvalue weighted by atomic mass is 9.77. The summed E-state index contributed by atoms with van der Waals surface area (Å²) in [6.45, 7) is 1.98. The number of amides is 1. The van der Waals surface area contributed by atoms with Crippen molar-refractivity contribution in [3.8, 4) is 17.2 Å². The predicted octanol–water partition coefficient (Wildman–Crippen LogP) is 4.34. The number of carbonyl (C=O) groups is 1. The highest BCUT2D eigenvalue weighted by Crippen LogP contribution is 2.47. The first-order valence-electron chi connectivity index (χ1n) is 10.6. The highest BCUT2D eigenvalue weighted by molar-refractivity contribution is 7.10. The first-order valence-corrected chi connectivity index (χ1v) is 11.5. The van der Waals surface area contributed by atoms with Crippen molar-refractivity contribution in [3.63, 3.8) is 0 Å². The number of nitrogens with zero attached hydrogens (tertiary/aromatic N) is 4. The molecule has 0 bridgehead atoms. The molecule has 7 heteroatoms. The molecule has 2 N–H and O–H groups in total. The number of thiophene rings is 1. The van der Waals surface area contributed by atoms with E-state index in [-0.39, 0.29) is 11.9 Å². The molecule has 1 aliphatic heterocycles. The SMILES string of the molecule is CN1C(=O)[C@H](c2ccc(C3CC3)cc2)[C@@](C)(c2cc(-c3cncc(C#N)c3)cs2)N=C1N. The maximum Gasteiger partial charge on any atom is 0.239 e. The second-order valence-corrected chi connectivity index (χ2v) is 9.57. The van der Waals surface area contributed by atoms with Crippen molar-refractivity contribution >= 4 is 23.2 Å². The van der Waals surface area contributed by atoms with Crippen LogP contribution >= 0.6 is 11.3 Å². The molecule has 6 nitrogen and oxygen atoms in total. The first-order chi connectivity index (χ1) is 15.4. The summed E-state index contributed by atoms with van der Waals surface area (Å²) in [5, 5.41) is 11.2. The Kier molecular flexibility index (Phi) is 4.83. The number of benzene rings is 1. The largest absolute Gasteiger partial charge is 0.369 e. The van der Waals surface area contributed by atoms with Crippen LogP contribution in [0, 0.1) is 11.3 Å². The van der Waals surface area contributed by atoms with Crippen molar-refractivity contribution in [1.29, 1.82) is 5.26 Å². The minimum absolute atomic E-state index is 0.0673. The fourth-order valence-corrected chi connectivity index (χ4v) is 5.43. The van der Waals surface area contributed by atoms with Crippen LogP contribution in [0.2, 0.25) is 0 Å². The molecule has 1 fully saturated rings. The molecule has 3 heterocycles. The standard InChI is InChI=1S/C25H23N5OS/c1-25(21-10-20(14-32-21)19-9-15(11-26)12-28-13-19)22(23(31)30(2)24(27)29-25)18-7-5-17(6-8-18)16-3-4-16/h5-10,12-14,16,22H,3-4H2,1-2H3,(H2,27,29)/t22-,25+/m0/s1. The van der Waals surface area contributed by atoms with E-state index in [9.17, 15) is 10.1 Å². The zero-order chi connectivity index (χ0) is 22.5. The molecule has 2 aromatic heterocycles. The van der Waals surface area contributed by atoms with Gasteiger partial charge in [-0.3, -0.25) is 14.7 Å². The summed E-state index contributed by atoms with van der Waals surface area (Å²) < 4.78 is 0. The third kappa shape index (κ3) is 3.37. The van der Waals surface area contributed by atoms with E-state index < -0.39 is 11.5 Å². The van der Waals surface area contributed by atoms with Crippen LogP contribution in [-0.4, -0.2) is 28.8 Å². The summed E-state index contributed by atoms with van der Waals surface area (Å²) in [5.74, 6) is 0.323. The van der Waals surface area contributed by atoms with Crippen LogP contribution in [0.1, 0.15) is 53.2 Å². The minimum Gasteiger partial charge on any atom is -0.369 e. The van der Waals surface area contributed by atoms with Crippen LogP contribution in [0.4, 0.5) is 0 Å². The predicted molar refractivity (Wildman–Crippen MR) is 125 cm³/mol. The van der Waals surface area contributed by atoms with Crippen molar-refractivity contribution in [2.75, 3.05) is 7.05 Å². The van der Waals surface area contributed by atoms with Crippen LogP contribution in [0.5, 0.6) is 0 Å². The molecule has 0 unspecified atom stereocenters. The topological polar surface area (TPSA) is 95.4 Å². The number of hydrogen-bond acceptors (Lipinski definition) is 6. The van der Waals surface area contributed by atoms with Gasteiger partial charge in [-0.2, -0.15) is 5.26 Å². The molecule has 0 radical (unpaired) electrons. The van der Waals surface area contributed by atoms with E-state index in [1.807, 2.05) is 24.4 Å². The van der Waals surface area contributed by atoms with Gasteiger partial charge in [0.15, 0.2) is 5.96 Å². The fourth-order valence-electron chi connectivity index (χ4n) is 4.38. The number of nitriles is 1. The highest BCUT2D eigenvalue weighted by Gasteiger charge is 2.48. The molecule has 1 saturated carbocycles. The van der Waals surface area contributed by atoms with Gasteiger partial charge in [-0.25, -0.2) is 4.99 Å². The van der Waals surface area contributed by atoms with Gasteiger partial charge in [-0.05, 0) is 59.9 Å². The van der Waals surface area contributed by atoms with E-state index >= 15 is 0 Å². The fraction of sp³-hybridized carbons (Fsp3) is 0.280. The van der Waals surface area contributed by atoms with Crippen LogP contribution in [0.3, 0.4) is 0 Å². The van der Waals surface area contributed by atoms with E-state index in [0.717, 1.165) is 21.6 Å². The molecule has 2 aliphatic rings.